The van der Waals surface area contributed by atoms with Crippen molar-refractivity contribution in [3.8, 4) is 11.3 Å². The highest BCUT2D eigenvalue weighted by molar-refractivity contribution is 7.04. The highest BCUT2D eigenvalue weighted by Gasteiger charge is 2.12. The lowest BCUT2D eigenvalue weighted by atomic mass is 10.1. The fourth-order valence-electron chi connectivity index (χ4n) is 1.63. The molecule has 0 N–H and O–H groups in total. The molecule has 0 radical (unpaired) electrons. The standard InChI is InChI=1S/C12H6ClFN2S/c13-9-5-7-6-17-16-12(7)15-11(9)8-3-1-2-4-10(8)14/h1-6H. The first kappa shape index (κ1) is 10.6. The van der Waals surface area contributed by atoms with Crippen LogP contribution in [0.4, 0.5) is 4.39 Å². The molecule has 0 amide bonds. The second-order valence-electron chi connectivity index (χ2n) is 3.53. The fourth-order valence-corrected chi connectivity index (χ4v) is 2.48. The molecule has 0 spiro atoms. The summed E-state index contributed by atoms with van der Waals surface area (Å²) in [5.41, 5.74) is 1.42. The maximum Gasteiger partial charge on any atom is 0.173 e. The number of halogens is 2. The number of rotatable bonds is 1. The molecule has 0 bridgehead atoms. The predicted molar refractivity (Wildman–Crippen MR) is 67.8 cm³/mol. The summed E-state index contributed by atoms with van der Waals surface area (Å²) in [7, 11) is 0. The Morgan fingerprint density at radius 2 is 2.06 bits per heavy atom. The van der Waals surface area contributed by atoms with Gasteiger partial charge in [0.2, 0.25) is 0 Å². The Kier molecular flexibility index (Phi) is 2.53. The van der Waals surface area contributed by atoms with E-state index >= 15 is 0 Å². The third-order valence-corrected chi connectivity index (χ3v) is 3.36. The van der Waals surface area contributed by atoms with Gasteiger partial charge in [-0.1, -0.05) is 23.7 Å². The molecule has 0 saturated carbocycles. The molecule has 0 atom stereocenters. The molecule has 0 aliphatic carbocycles. The minimum absolute atomic E-state index is 0.337. The van der Waals surface area contributed by atoms with Crippen molar-refractivity contribution in [3.63, 3.8) is 0 Å². The maximum atomic E-state index is 13.7. The molecule has 0 saturated heterocycles. The Balaban J connectivity index is 2.30. The van der Waals surface area contributed by atoms with E-state index in [1.165, 1.54) is 17.6 Å². The lowest BCUT2D eigenvalue weighted by Gasteiger charge is -2.04. The molecule has 2 aromatic heterocycles. The van der Waals surface area contributed by atoms with Crippen LogP contribution in [0, 0.1) is 5.82 Å². The first-order valence-electron chi connectivity index (χ1n) is 4.91. The van der Waals surface area contributed by atoms with Gasteiger partial charge >= 0.3 is 0 Å². The molecule has 1 aromatic carbocycles. The molecule has 3 rings (SSSR count). The number of benzene rings is 1. The van der Waals surface area contributed by atoms with E-state index in [0.717, 1.165) is 5.39 Å². The summed E-state index contributed by atoms with van der Waals surface area (Å²) in [6.07, 6.45) is 0. The van der Waals surface area contributed by atoms with Gasteiger partial charge in [-0.3, -0.25) is 0 Å². The Hall–Kier alpha value is -1.52. The van der Waals surface area contributed by atoms with Crippen LogP contribution < -0.4 is 0 Å². The van der Waals surface area contributed by atoms with Crippen molar-refractivity contribution in [3.05, 3.63) is 46.6 Å². The number of fused-ring (bicyclic) bond motifs is 1. The summed E-state index contributed by atoms with van der Waals surface area (Å²) in [4.78, 5) is 4.29. The molecule has 0 fully saturated rings. The molecule has 0 aliphatic rings. The second-order valence-corrected chi connectivity index (χ2v) is 4.56. The van der Waals surface area contributed by atoms with Crippen LogP contribution >= 0.6 is 23.1 Å². The van der Waals surface area contributed by atoms with Crippen molar-refractivity contribution in [2.24, 2.45) is 0 Å². The van der Waals surface area contributed by atoms with Crippen molar-refractivity contribution in [1.29, 1.82) is 0 Å². The average molecular weight is 265 g/mol. The van der Waals surface area contributed by atoms with Crippen molar-refractivity contribution in [1.82, 2.24) is 9.36 Å². The van der Waals surface area contributed by atoms with Crippen molar-refractivity contribution in [2.75, 3.05) is 0 Å². The maximum absolute atomic E-state index is 13.7. The number of pyridine rings is 1. The van der Waals surface area contributed by atoms with Crippen LogP contribution in [0.3, 0.4) is 0 Å². The monoisotopic (exact) mass is 264 g/mol. The van der Waals surface area contributed by atoms with Crippen molar-refractivity contribution < 1.29 is 4.39 Å². The Morgan fingerprint density at radius 1 is 1.24 bits per heavy atom. The van der Waals surface area contributed by atoms with Gasteiger partial charge in [0.1, 0.15) is 5.82 Å². The van der Waals surface area contributed by atoms with E-state index in [4.69, 9.17) is 11.6 Å². The summed E-state index contributed by atoms with van der Waals surface area (Å²) >= 11 is 7.42. The average Bonchev–Trinajstić information content (AvgIpc) is 2.76. The Morgan fingerprint density at radius 3 is 2.88 bits per heavy atom. The first-order valence-corrected chi connectivity index (χ1v) is 6.12. The molecule has 3 aromatic rings. The quantitative estimate of drug-likeness (QED) is 0.660. The summed E-state index contributed by atoms with van der Waals surface area (Å²) in [5.74, 6) is -0.337. The van der Waals surface area contributed by atoms with Gasteiger partial charge in [-0.05, 0) is 29.7 Å². The smallest absolute Gasteiger partial charge is 0.173 e. The molecule has 84 valence electrons. The van der Waals surface area contributed by atoms with E-state index < -0.39 is 0 Å². The molecule has 0 unspecified atom stereocenters. The van der Waals surface area contributed by atoms with Gasteiger partial charge in [-0.25, -0.2) is 9.37 Å². The lowest BCUT2D eigenvalue weighted by Crippen LogP contribution is -1.89. The van der Waals surface area contributed by atoms with Gasteiger partial charge in [0.25, 0.3) is 0 Å². The zero-order valence-corrected chi connectivity index (χ0v) is 10.1. The van der Waals surface area contributed by atoms with Crippen LogP contribution in [0.2, 0.25) is 5.02 Å². The summed E-state index contributed by atoms with van der Waals surface area (Å²) in [5, 5.41) is 3.17. The molecular formula is C12H6ClFN2S. The van der Waals surface area contributed by atoms with Gasteiger partial charge in [-0.2, -0.15) is 4.37 Å². The first-order chi connectivity index (χ1) is 8.25. The molecule has 0 aliphatic heterocycles. The van der Waals surface area contributed by atoms with E-state index in [-0.39, 0.29) is 5.82 Å². The van der Waals surface area contributed by atoms with Gasteiger partial charge in [0.15, 0.2) is 5.65 Å². The number of aromatic nitrogens is 2. The molecule has 2 heterocycles. The van der Waals surface area contributed by atoms with E-state index in [2.05, 4.69) is 9.36 Å². The summed E-state index contributed by atoms with van der Waals surface area (Å²) in [6, 6.07) is 8.19. The largest absolute Gasteiger partial charge is 0.225 e. The highest BCUT2D eigenvalue weighted by atomic mass is 35.5. The van der Waals surface area contributed by atoms with E-state index in [9.17, 15) is 4.39 Å². The molecular weight excluding hydrogens is 259 g/mol. The van der Waals surface area contributed by atoms with E-state index in [1.54, 1.807) is 24.3 Å². The minimum Gasteiger partial charge on any atom is -0.225 e. The summed E-state index contributed by atoms with van der Waals surface area (Å²) in [6.45, 7) is 0. The topological polar surface area (TPSA) is 25.8 Å². The molecule has 17 heavy (non-hydrogen) atoms. The molecule has 2 nitrogen and oxygen atoms in total. The third kappa shape index (κ3) is 1.79. The normalized spacial score (nSPS) is 10.9. The van der Waals surface area contributed by atoms with Gasteiger partial charge in [0, 0.05) is 16.3 Å². The number of hydrogen-bond donors (Lipinski definition) is 0. The summed E-state index contributed by atoms with van der Waals surface area (Å²) < 4.78 is 17.8. The van der Waals surface area contributed by atoms with Gasteiger partial charge in [0.05, 0.1) is 10.7 Å². The van der Waals surface area contributed by atoms with E-state index in [1.807, 2.05) is 5.38 Å². The lowest BCUT2D eigenvalue weighted by molar-refractivity contribution is 0.631. The Bertz CT molecular complexity index is 696. The van der Waals surface area contributed by atoms with Crippen molar-refractivity contribution >= 4 is 34.2 Å². The minimum atomic E-state index is -0.337. The van der Waals surface area contributed by atoms with Crippen LogP contribution in [-0.4, -0.2) is 9.36 Å². The van der Waals surface area contributed by atoms with Crippen LogP contribution in [0.25, 0.3) is 22.3 Å². The van der Waals surface area contributed by atoms with Crippen molar-refractivity contribution in [2.45, 2.75) is 0 Å². The third-order valence-electron chi connectivity index (χ3n) is 2.43. The van der Waals surface area contributed by atoms with Gasteiger partial charge in [-0.15, -0.1) is 0 Å². The fraction of sp³-hybridized carbons (Fsp3) is 0. The SMILES string of the molecule is Fc1ccccc1-c1nc2nscc2cc1Cl. The van der Waals surface area contributed by atoms with Crippen LogP contribution in [0.1, 0.15) is 0 Å². The van der Waals surface area contributed by atoms with Gasteiger partial charge < -0.3 is 0 Å². The van der Waals surface area contributed by atoms with Crippen LogP contribution in [0.5, 0.6) is 0 Å². The number of hydrogen-bond acceptors (Lipinski definition) is 3. The van der Waals surface area contributed by atoms with E-state index in [0.29, 0.717) is 21.9 Å². The van der Waals surface area contributed by atoms with Crippen LogP contribution in [0.15, 0.2) is 35.7 Å². The predicted octanol–water partition coefficient (Wildman–Crippen LogP) is 4.15. The zero-order valence-electron chi connectivity index (χ0n) is 8.52. The Labute approximate surface area is 106 Å². The van der Waals surface area contributed by atoms with Crippen LogP contribution in [-0.2, 0) is 0 Å². The second kappa shape index (κ2) is 4.05. The zero-order chi connectivity index (χ0) is 11.8. The number of nitrogens with zero attached hydrogens (tertiary/aromatic N) is 2. The molecule has 5 heteroatoms. The highest BCUT2D eigenvalue weighted by Crippen LogP contribution is 2.30.